The molecule has 0 aromatic heterocycles. The summed E-state index contributed by atoms with van der Waals surface area (Å²) in [7, 11) is 0. The summed E-state index contributed by atoms with van der Waals surface area (Å²) in [6, 6.07) is 14.2. The topological polar surface area (TPSA) is 67.5 Å². The molecule has 0 saturated carbocycles. The van der Waals surface area contributed by atoms with E-state index < -0.39 is 0 Å². The Morgan fingerprint density at radius 3 is 2.29 bits per heavy atom. The molecule has 2 rings (SSSR count). The van der Waals surface area contributed by atoms with Gasteiger partial charge in [-0.15, -0.1) is 0 Å². The van der Waals surface area contributed by atoms with E-state index in [0.717, 1.165) is 0 Å². The lowest BCUT2D eigenvalue weighted by atomic mass is 10.1. The van der Waals surface area contributed by atoms with Crippen molar-refractivity contribution in [1.82, 2.24) is 5.32 Å². The molecule has 0 heterocycles. The number of para-hydroxylation sites is 1. The fourth-order valence-corrected chi connectivity index (χ4v) is 2.25. The third-order valence-corrected chi connectivity index (χ3v) is 3.38. The van der Waals surface area contributed by atoms with Crippen LogP contribution >= 0.6 is 23.2 Å². The van der Waals surface area contributed by atoms with Gasteiger partial charge in [-0.3, -0.25) is 10.1 Å². The molecule has 1 amide bonds. The van der Waals surface area contributed by atoms with E-state index in [1.165, 1.54) is 0 Å². The normalized spacial score (nSPS) is 11.2. The predicted octanol–water partition coefficient (Wildman–Crippen LogP) is 3.30. The molecule has 0 aliphatic carbocycles. The minimum atomic E-state index is -0.331. The highest BCUT2D eigenvalue weighted by atomic mass is 35.5. The Morgan fingerprint density at radius 2 is 1.67 bits per heavy atom. The Morgan fingerprint density at radius 1 is 1.05 bits per heavy atom. The first-order valence-corrected chi connectivity index (χ1v) is 6.94. The Labute approximate surface area is 132 Å². The summed E-state index contributed by atoms with van der Waals surface area (Å²) in [4.78, 5) is 16.0. The molecular formula is C15H13Cl2N3O. The summed E-state index contributed by atoms with van der Waals surface area (Å²) in [5.41, 5.74) is 6.91. The molecule has 21 heavy (non-hydrogen) atoms. The van der Waals surface area contributed by atoms with E-state index in [4.69, 9.17) is 28.9 Å². The first-order chi connectivity index (χ1) is 10.1. The van der Waals surface area contributed by atoms with Gasteiger partial charge in [0.25, 0.3) is 0 Å². The number of aliphatic imine (C=N–C) groups is 1. The van der Waals surface area contributed by atoms with Crippen LogP contribution in [0.15, 0.2) is 53.5 Å². The van der Waals surface area contributed by atoms with Gasteiger partial charge in [-0.25, -0.2) is 4.99 Å². The first-order valence-electron chi connectivity index (χ1n) is 6.18. The van der Waals surface area contributed by atoms with Crippen molar-refractivity contribution in [2.45, 2.75) is 6.42 Å². The Bertz CT molecular complexity index is 652. The molecule has 2 aromatic rings. The SMILES string of the molecule is NC(=Nc1ccccc1)NC(=O)Cc1c(Cl)cccc1Cl. The third-order valence-electron chi connectivity index (χ3n) is 2.67. The Hall–Kier alpha value is -2.04. The standard InChI is InChI=1S/C15H13Cl2N3O/c16-12-7-4-8-13(17)11(12)9-14(21)20-15(18)19-10-5-2-1-3-6-10/h1-8H,9H2,(H3,18,19,20,21). The van der Waals surface area contributed by atoms with Crippen LogP contribution in [0.25, 0.3) is 0 Å². The number of halogens is 2. The number of carbonyl (C=O) groups is 1. The van der Waals surface area contributed by atoms with Crippen LogP contribution in [0.1, 0.15) is 5.56 Å². The molecular weight excluding hydrogens is 309 g/mol. The van der Waals surface area contributed by atoms with Gasteiger partial charge in [0.05, 0.1) is 12.1 Å². The van der Waals surface area contributed by atoms with Crippen molar-refractivity contribution in [2.24, 2.45) is 10.7 Å². The number of carbonyl (C=O) groups excluding carboxylic acids is 1. The minimum absolute atomic E-state index is 0.0226. The summed E-state index contributed by atoms with van der Waals surface area (Å²) >= 11 is 12.0. The van der Waals surface area contributed by atoms with Gasteiger partial charge >= 0.3 is 0 Å². The average Bonchev–Trinajstić information content (AvgIpc) is 2.44. The number of nitrogens with two attached hydrogens (primary N) is 1. The quantitative estimate of drug-likeness (QED) is 0.672. The van der Waals surface area contributed by atoms with Crippen LogP contribution in [0.2, 0.25) is 10.0 Å². The smallest absolute Gasteiger partial charge is 0.231 e. The van der Waals surface area contributed by atoms with E-state index in [1.54, 1.807) is 30.3 Å². The van der Waals surface area contributed by atoms with Gasteiger partial charge in [-0.2, -0.15) is 0 Å². The van der Waals surface area contributed by atoms with Gasteiger partial charge in [0.2, 0.25) is 11.9 Å². The highest BCUT2D eigenvalue weighted by Crippen LogP contribution is 2.24. The second-order valence-electron chi connectivity index (χ2n) is 4.26. The van der Waals surface area contributed by atoms with Crippen LogP contribution in [0.4, 0.5) is 5.69 Å². The van der Waals surface area contributed by atoms with Crippen molar-refractivity contribution in [3.63, 3.8) is 0 Å². The summed E-state index contributed by atoms with van der Waals surface area (Å²) < 4.78 is 0. The van der Waals surface area contributed by atoms with Crippen LogP contribution in [0.5, 0.6) is 0 Å². The molecule has 0 aliphatic rings. The van der Waals surface area contributed by atoms with Gasteiger partial charge < -0.3 is 5.73 Å². The number of hydrogen-bond donors (Lipinski definition) is 2. The molecule has 4 nitrogen and oxygen atoms in total. The number of benzene rings is 2. The summed E-state index contributed by atoms with van der Waals surface area (Å²) in [6.07, 6.45) is 0.0313. The zero-order valence-electron chi connectivity index (χ0n) is 11.0. The van der Waals surface area contributed by atoms with Crippen molar-refractivity contribution in [3.05, 3.63) is 64.1 Å². The zero-order chi connectivity index (χ0) is 15.2. The fraction of sp³-hybridized carbons (Fsp3) is 0.0667. The van der Waals surface area contributed by atoms with E-state index in [9.17, 15) is 4.79 Å². The number of guanidine groups is 1. The molecule has 0 unspecified atom stereocenters. The molecule has 0 saturated heterocycles. The molecule has 0 atom stereocenters. The van der Waals surface area contributed by atoms with E-state index in [0.29, 0.717) is 21.3 Å². The maximum absolute atomic E-state index is 11.9. The predicted molar refractivity (Wildman–Crippen MR) is 86.0 cm³/mol. The van der Waals surface area contributed by atoms with Crippen LogP contribution in [0, 0.1) is 0 Å². The molecule has 0 radical (unpaired) electrons. The van der Waals surface area contributed by atoms with Crippen molar-refractivity contribution >= 4 is 40.8 Å². The number of nitrogens with zero attached hydrogens (tertiary/aromatic N) is 1. The number of rotatable bonds is 3. The largest absolute Gasteiger partial charge is 0.369 e. The van der Waals surface area contributed by atoms with E-state index in [1.807, 2.05) is 18.2 Å². The van der Waals surface area contributed by atoms with E-state index in [-0.39, 0.29) is 18.3 Å². The van der Waals surface area contributed by atoms with Gasteiger partial charge in [0, 0.05) is 10.0 Å². The zero-order valence-corrected chi connectivity index (χ0v) is 12.5. The van der Waals surface area contributed by atoms with Crippen molar-refractivity contribution in [1.29, 1.82) is 0 Å². The van der Waals surface area contributed by atoms with Crippen molar-refractivity contribution in [3.8, 4) is 0 Å². The average molecular weight is 322 g/mol. The fourth-order valence-electron chi connectivity index (χ4n) is 1.72. The lowest BCUT2D eigenvalue weighted by Gasteiger charge is -2.07. The van der Waals surface area contributed by atoms with Gasteiger partial charge in [0.1, 0.15) is 0 Å². The highest BCUT2D eigenvalue weighted by Gasteiger charge is 2.11. The number of amides is 1. The Kier molecular flexibility index (Phi) is 5.20. The van der Waals surface area contributed by atoms with Crippen LogP contribution in [-0.2, 0) is 11.2 Å². The molecule has 0 aliphatic heterocycles. The number of nitrogens with one attached hydrogen (secondary N) is 1. The maximum atomic E-state index is 11.9. The molecule has 6 heteroatoms. The van der Waals surface area contributed by atoms with Crippen LogP contribution in [-0.4, -0.2) is 11.9 Å². The minimum Gasteiger partial charge on any atom is -0.369 e. The van der Waals surface area contributed by atoms with Crippen LogP contribution < -0.4 is 11.1 Å². The second kappa shape index (κ2) is 7.11. The Balaban J connectivity index is 2.04. The summed E-state index contributed by atoms with van der Waals surface area (Å²) in [5.74, 6) is -0.309. The van der Waals surface area contributed by atoms with Crippen LogP contribution in [0.3, 0.4) is 0 Å². The second-order valence-corrected chi connectivity index (χ2v) is 5.07. The first kappa shape index (κ1) is 15.4. The lowest BCUT2D eigenvalue weighted by molar-refractivity contribution is -0.119. The summed E-state index contributed by atoms with van der Waals surface area (Å²) in [6.45, 7) is 0. The monoisotopic (exact) mass is 321 g/mol. The highest BCUT2D eigenvalue weighted by molar-refractivity contribution is 6.36. The van der Waals surface area contributed by atoms with E-state index in [2.05, 4.69) is 10.3 Å². The number of hydrogen-bond acceptors (Lipinski definition) is 2. The maximum Gasteiger partial charge on any atom is 0.231 e. The molecule has 3 N–H and O–H groups in total. The van der Waals surface area contributed by atoms with Crippen molar-refractivity contribution in [2.75, 3.05) is 0 Å². The van der Waals surface area contributed by atoms with Gasteiger partial charge in [-0.05, 0) is 29.8 Å². The van der Waals surface area contributed by atoms with Crippen molar-refractivity contribution < 1.29 is 4.79 Å². The molecule has 0 spiro atoms. The molecule has 108 valence electrons. The molecule has 2 aromatic carbocycles. The van der Waals surface area contributed by atoms with Gasteiger partial charge in [-0.1, -0.05) is 47.5 Å². The van der Waals surface area contributed by atoms with E-state index >= 15 is 0 Å². The molecule has 0 fully saturated rings. The van der Waals surface area contributed by atoms with Gasteiger partial charge in [0.15, 0.2) is 0 Å². The summed E-state index contributed by atoms with van der Waals surface area (Å²) in [5, 5.41) is 3.38. The third kappa shape index (κ3) is 4.48. The molecule has 0 bridgehead atoms. The lowest BCUT2D eigenvalue weighted by Crippen LogP contribution is -2.37.